The number of likely N-dealkylation sites (tertiary alicyclic amines) is 1. The molecule has 1 heterocycles. The van der Waals surface area contributed by atoms with Crippen molar-refractivity contribution >= 4 is 33.4 Å². The van der Waals surface area contributed by atoms with Gasteiger partial charge in [-0.2, -0.15) is 0 Å². The number of hydrogen-bond acceptors (Lipinski definition) is 3. The summed E-state index contributed by atoms with van der Waals surface area (Å²) in [6.45, 7) is 4.36. The van der Waals surface area contributed by atoms with Crippen LogP contribution in [-0.2, 0) is 0 Å². The normalized spacial score (nSPS) is 14.0. The minimum Gasteiger partial charge on any atom is -0.493 e. The lowest BCUT2D eigenvalue weighted by Crippen LogP contribution is -2.31. The smallest absolute Gasteiger partial charge is 0.259 e. The van der Waals surface area contributed by atoms with Crippen molar-refractivity contribution in [2.24, 2.45) is 0 Å². The minimum atomic E-state index is -0.255. The second-order valence-electron chi connectivity index (χ2n) is 8.29. The quantitative estimate of drug-likeness (QED) is 0.390. The highest BCUT2D eigenvalue weighted by atomic mass is 79.9. The summed E-state index contributed by atoms with van der Waals surface area (Å²) in [6, 6.07) is 12.6. The van der Waals surface area contributed by atoms with Crippen LogP contribution in [0.2, 0.25) is 0 Å². The van der Waals surface area contributed by atoms with Gasteiger partial charge < -0.3 is 15.0 Å². The summed E-state index contributed by atoms with van der Waals surface area (Å²) in [5, 5.41) is 2.94. The van der Waals surface area contributed by atoms with Crippen molar-refractivity contribution in [1.82, 2.24) is 4.90 Å². The first kappa shape index (κ1) is 24.3. The summed E-state index contributed by atoms with van der Waals surface area (Å²) in [4.78, 5) is 27.9. The molecule has 1 aliphatic rings. The monoisotopic (exact) mass is 500 g/mol. The predicted octanol–water partition coefficient (Wildman–Crippen LogP) is 6.68. The lowest BCUT2D eigenvalue weighted by molar-refractivity contribution is 0.0761. The summed E-state index contributed by atoms with van der Waals surface area (Å²) in [5.41, 5.74) is 1.68. The van der Waals surface area contributed by atoms with E-state index in [4.69, 9.17) is 4.74 Å². The van der Waals surface area contributed by atoms with E-state index in [0.29, 0.717) is 29.2 Å². The van der Waals surface area contributed by atoms with Gasteiger partial charge in [-0.05, 0) is 55.7 Å². The Kier molecular flexibility index (Phi) is 9.60. The lowest BCUT2D eigenvalue weighted by Gasteiger charge is -2.20. The van der Waals surface area contributed by atoms with Gasteiger partial charge in [-0.1, -0.05) is 61.0 Å². The van der Waals surface area contributed by atoms with E-state index in [9.17, 15) is 9.59 Å². The molecular weight excluding hydrogens is 468 g/mol. The molecule has 0 unspecified atom stereocenters. The van der Waals surface area contributed by atoms with Gasteiger partial charge in [0.2, 0.25) is 0 Å². The van der Waals surface area contributed by atoms with Crippen LogP contribution in [0.1, 0.15) is 79.0 Å². The molecule has 5 nitrogen and oxygen atoms in total. The Labute approximate surface area is 199 Å². The van der Waals surface area contributed by atoms with Gasteiger partial charge >= 0.3 is 0 Å². The topological polar surface area (TPSA) is 58.6 Å². The first-order valence-corrected chi connectivity index (χ1v) is 12.5. The molecular formula is C26H33BrN2O3. The molecule has 2 aromatic carbocycles. The molecule has 1 saturated heterocycles. The van der Waals surface area contributed by atoms with Crippen LogP contribution in [0.25, 0.3) is 0 Å². The number of carbonyl (C=O) groups excluding carboxylic acids is 2. The summed E-state index contributed by atoms with van der Waals surface area (Å²) in [7, 11) is 0. The van der Waals surface area contributed by atoms with Gasteiger partial charge in [0, 0.05) is 28.8 Å². The zero-order valence-corrected chi connectivity index (χ0v) is 20.5. The third-order valence-corrected chi connectivity index (χ3v) is 6.20. The van der Waals surface area contributed by atoms with Gasteiger partial charge in [-0.25, -0.2) is 0 Å². The average molecular weight is 501 g/mol. The van der Waals surface area contributed by atoms with Gasteiger partial charge in [0.1, 0.15) is 5.75 Å². The fourth-order valence-electron chi connectivity index (χ4n) is 3.90. The highest BCUT2D eigenvalue weighted by Crippen LogP contribution is 2.25. The summed E-state index contributed by atoms with van der Waals surface area (Å²) >= 11 is 3.45. The molecule has 2 aromatic rings. The van der Waals surface area contributed by atoms with Crippen LogP contribution >= 0.6 is 15.9 Å². The van der Waals surface area contributed by atoms with Crippen LogP contribution in [0, 0.1) is 0 Å². The number of amides is 2. The molecule has 0 radical (unpaired) electrons. The zero-order valence-electron chi connectivity index (χ0n) is 18.9. The zero-order chi connectivity index (χ0) is 22.8. The molecule has 0 bridgehead atoms. The Morgan fingerprint density at radius 2 is 1.78 bits per heavy atom. The molecule has 32 heavy (non-hydrogen) atoms. The summed E-state index contributed by atoms with van der Waals surface area (Å²) in [5.74, 6) is 0.342. The number of benzene rings is 2. The van der Waals surface area contributed by atoms with Crippen LogP contribution in [0.4, 0.5) is 5.69 Å². The van der Waals surface area contributed by atoms with Crippen LogP contribution in [0.3, 0.4) is 0 Å². The first-order valence-electron chi connectivity index (χ1n) is 11.7. The third kappa shape index (κ3) is 7.09. The van der Waals surface area contributed by atoms with Crippen molar-refractivity contribution in [2.45, 2.75) is 58.3 Å². The summed E-state index contributed by atoms with van der Waals surface area (Å²) in [6.07, 6.45) is 8.89. The standard InChI is InChI=1S/C26H33BrN2O3/c1-2-3-4-9-17-32-24-14-13-21(27)19-23(24)25(30)28-22-12-10-11-20(18-22)26(31)29-15-7-5-6-8-16-29/h10-14,18-19H,2-9,15-17H2,1H3,(H,28,30). The number of nitrogens with zero attached hydrogens (tertiary/aromatic N) is 1. The fraction of sp³-hybridized carbons (Fsp3) is 0.462. The number of rotatable bonds is 9. The van der Waals surface area contributed by atoms with Crippen molar-refractivity contribution in [2.75, 3.05) is 25.0 Å². The molecule has 0 saturated carbocycles. The van der Waals surface area contributed by atoms with E-state index in [-0.39, 0.29) is 11.8 Å². The molecule has 172 valence electrons. The largest absolute Gasteiger partial charge is 0.493 e. The van der Waals surface area contributed by atoms with Gasteiger partial charge in [0.25, 0.3) is 11.8 Å². The Hall–Kier alpha value is -2.34. The number of unbranched alkanes of at least 4 members (excludes halogenated alkanes) is 3. The SMILES string of the molecule is CCCCCCOc1ccc(Br)cc1C(=O)Nc1cccc(C(=O)N2CCCCCC2)c1. The number of ether oxygens (including phenoxy) is 1. The van der Waals surface area contributed by atoms with Crippen molar-refractivity contribution in [3.8, 4) is 5.75 Å². The molecule has 2 amide bonds. The molecule has 0 aromatic heterocycles. The molecule has 6 heteroatoms. The second-order valence-corrected chi connectivity index (χ2v) is 9.21. The Morgan fingerprint density at radius 1 is 1.00 bits per heavy atom. The van der Waals surface area contributed by atoms with Crippen molar-refractivity contribution < 1.29 is 14.3 Å². The van der Waals surface area contributed by atoms with E-state index in [1.807, 2.05) is 29.2 Å². The molecule has 1 aliphatic heterocycles. The van der Waals surface area contributed by atoms with E-state index < -0.39 is 0 Å². The second kappa shape index (κ2) is 12.6. The van der Waals surface area contributed by atoms with Crippen LogP contribution in [0.15, 0.2) is 46.9 Å². The van der Waals surface area contributed by atoms with E-state index in [1.165, 1.54) is 25.7 Å². The number of anilines is 1. The molecule has 0 spiro atoms. The van der Waals surface area contributed by atoms with Gasteiger partial charge in [0.05, 0.1) is 12.2 Å². The molecule has 1 N–H and O–H groups in total. The van der Waals surface area contributed by atoms with Gasteiger partial charge in [-0.3, -0.25) is 9.59 Å². The maximum Gasteiger partial charge on any atom is 0.259 e. The van der Waals surface area contributed by atoms with E-state index >= 15 is 0 Å². The van der Waals surface area contributed by atoms with Crippen LogP contribution < -0.4 is 10.1 Å². The maximum atomic E-state index is 13.0. The van der Waals surface area contributed by atoms with Crippen molar-refractivity contribution in [1.29, 1.82) is 0 Å². The highest BCUT2D eigenvalue weighted by Gasteiger charge is 2.19. The van der Waals surface area contributed by atoms with Crippen LogP contribution in [0.5, 0.6) is 5.75 Å². The molecule has 0 atom stereocenters. The van der Waals surface area contributed by atoms with Gasteiger partial charge in [-0.15, -0.1) is 0 Å². The Balaban J connectivity index is 1.68. The van der Waals surface area contributed by atoms with Crippen molar-refractivity contribution in [3.05, 3.63) is 58.1 Å². The molecule has 3 rings (SSSR count). The number of carbonyl (C=O) groups is 2. The molecule has 0 aliphatic carbocycles. The highest BCUT2D eigenvalue weighted by molar-refractivity contribution is 9.10. The Bertz CT molecular complexity index is 908. The van der Waals surface area contributed by atoms with Crippen LogP contribution in [-0.4, -0.2) is 36.4 Å². The molecule has 1 fully saturated rings. The van der Waals surface area contributed by atoms with Crippen molar-refractivity contribution in [3.63, 3.8) is 0 Å². The van der Waals surface area contributed by atoms with E-state index in [2.05, 4.69) is 28.2 Å². The van der Waals surface area contributed by atoms with E-state index in [1.54, 1.807) is 18.2 Å². The maximum absolute atomic E-state index is 13.0. The lowest BCUT2D eigenvalue weighted by atomic mass is 10.1. The number of nitrogens with one attached hydrogen (secondary N) is 1. The minimum absolute atomic E-state index is 0.0292. The fourth-order valence-corrected chi connectivity index (χ4v) is 4.26. The third-order valence-electron chi connectivity index (χ3n) is 5.70. The predicted molar refractivity (Wildman–Crippen MR) is 133 cm³/mol. The average Bonchev–Trinajstić information content (AvgIpc) is 3.09. The summed E-state index contributed by atoms with van der Waals surface area (Å²) < 4.78 is 6.72. The Morgan fingerprint density at radius 3 is 2.53 bits per heavy atom. The van der Waals surface area contributed by atoms with Gasteiger partial charge in [0.15, 0.2) is 0 Å². The number of halogens is 1. The first-order chi connectivity index (χ1) is 15.6. The van der Waals surface area contributed by atoms with E-state index in [0.717, 1.165) is 43.2 Å². The number of hydrogen-bond donors (Lipinski definition) is 1.